The minimum atomic E-state index is -0.478. The Morgan fingerprint density at radius 3 is 2.47 bits per heavy atom. The largest absolute Gasteiger partial charge is 0.354 e. The van der Waals surface area contributed by atoms with Gasteiger partial charge in [0, 0.05) is 41.2 Å². The zero-order valence-corrected chi connectivity index (χ0v) is 16.8. The van der Waals surface area contributed by atoms with E-state index in [-0.39, 0.29) is 17.5 Å². The average molecular weight is 426 g/mol. The molecule has 0 bridgehead atoms. The zero-order chi connectivity index (χ0) is 22.2. The zero-order valence-electron chi connectivity index (χ0n) is 16.8. The van der Waals surface area contributed by atoms with E-state index in [1.807, 2.05) is 48.5 Å². The van der Waals surface area contributed by atoms with Gasteiger partial charge in [0.15, 0.2) is 0 Å². The van der Waals surface area contributed by atoms with Crippen molar-refractivity contribution in [3.05, 3.63) is 93.5 Å². The average Bonchev–Trinajstić information content (AvgIpc) is 3.12. The summed E-state index contributed by atoms with van der Waals surface area (Å²) in [6, 6.07) is 19.3. The van der Waals surface area contributed by atoms with Crippen LogP contribution in [0.25, 0.3) is 11.3 Å². The number of amides is 2. The first-order valence-corrected chi connectivity index (χ1v) is 10.1. The van der Waals surface area contributed by atoms with Gasteiger partial charge in [0.25, 0.3) is 11.6 Å². The van der Waals surface area contributed by atoms with Crippen LogP contribution in [-0.4, -0.2) is 16.7 Å². The molecule has 2 aliphatic rings. The van der Waals surface area contributed by atoms with Crippen LogP contribution in [-0.2, 0) is 16.0 Å². The highest BCUT2D eigenvalue weighted by Gasteiger charge is 2.30. The van der Waals surface area contributed by atoms with Crippen molar-refractivity contribution in [1.82, 2.24) is 0 Å². The summed E-state index contributed by atoms with van der Waals surface area (Å²) in [6.07, 6.45) is 1.05. The summed E-state index contributed by atoms with van der Waals surface area (Å²) in [6.45, 7) is 0. The molecule has 0 saturated heterocycles. The van der Waals surface area contributed by atoms with E-state index in [9.17, 15) is 19.7 Å². The highest BCUT2D eigenvalue weighted by atomic mass is 16.6. The van der Waals surface area contributed by atoms with Crippen LogP contribution >= 0.6 is 0 Å². The second-order valence-corrected chi connectivity index (χ2v) is 7.60. The minimum Gasteiger partial charge on any atom is -0.354 e. The van der Waals surface area contributed by atoms with Crippen molar-refractivity contribution in [3.63, 3.8) is 0 Å². The molecular weight excluding hydrogens is 408 g/mol. The molecule has 5 rings (SSSR count). The summed E-state index contributed by atoms with van der Waals surface area (Å²) >= 11 is 0. The van der Waals surface area contributed by atoms with Crippen LogP contribution in [0.3, 0.4) is 0 Å². The fraction of sp³-hybridized carbons (Fsp3) is 0.0833. The molecule has 0 aromatic heterocycles. The number of fused-ring (bicyclic) bond motifs is 2. The molecule has 0 unspecified atom stereocenters. The number of nitrogens with one attached hydrogen (secondary N) is 3. The van der Waals surface area contributed by atoms with Gasteiger partial charge >= 0.3 is 0 Å². The van der Waals surface area contributed by atoms with Crippen LogP contribution in [0.15, 0.2) is 66.7 Å². The summed E-state index contributed by atoms with van der Waals surface area (Å²) in [7, 11) is 0. The van der Waals surface area contributed by atoms with Crippen molar-refractivity contribution in [2.75, 3.05) is 16.0 Å². The number of hydrogen-bond donors (Lipinski definition) is 3. The minimum absolute atomic E-state index is 0.00821. The number of carbonyl (C=O) groups is 2. The van der Waals surface area contributed by atoms with Crippen LogP contribution in [0.4, 0.5) is 22.7 Å². The molecule has 32 heavy (non-hydrogen) atoms. The van der Waals surface area contributed by atoms with Crippen LogP contribution < -0.4 is 16.0 Å². The van der Waals surface area contributed by atoms with Gasteiger partial charge in [-0.2, -0.15) is 0 Å². The van der Waals surface area contributed by atoms with E-state index < -0.39 is 4.92 Å². The first-order valence-electron chi connectivity index (χ1n) is 10.1. The molecule has 3 aromatic carbocycles. The van der Waals surface area contributed by atoms with Gasteiger partial charge < -0.3 is 16.0 Å². The van der Waals surface area contributed by atoms with Gasteiger partial charge in [-0.05, 0) is 41.8 Å². The fourth-order valence-electron chi connectivity index (χ4n) is 4.01. The van der Waals surface area contributed by atoms with Crippen molar-refractivity contribution in [2.45, 2.75) is 12.8 Å². The van der Waals surface area contributed by atoms with Gasteiger partial charge in [0.05, 0.1) is 16.2 Å². The van der Waals surface area contributed by atoms with Gasteiger partial charge in [-0.1, -0.05) is 30.3 Å². The lowest BCUT2D eigenvalue weighted by Gasteiger charge is -2.19. The molecule has 0 aliphatic carbocycles. The third kappa shape index (κ3) is 3.47. The van der Waals surface area contributed by atoms with E-state index in [4.69, 9.17) is 0 Å². The number of nitrogens with zero attached hydrogens (tertiary/aromatic N) is 1. The highest BCUT2D eigenvalue weighted by molar-refractivity contribution is 6.37. The van der Waals surface area contributed by atoms with Gasteiger partial charge in [-0.25, -0.2) is 0 Å². The molecule has 0 radical (unpaired) electrons. The normalized spacial score (nSPS) is 15.9. The van der Waals surface area contributed by atoms with Crippen molar-refractivity contribution in [3.8, 4) is 0 Å². The first kappa shape index (κ1) is 19.5. The lowest BCUT2D eigenvalue weighted by molar-refractivity contribution is -0.384. The Kier molecular flexibility index (Phi) is 4.67. The molecule has 0 atom stereocenters. The molecule has 8 heteroatoms. The van der Waals surface area contributed by atoms with Gasteiger partial charge in [-0.3, -0.25) is 19.7 Å². The molecule has 158 valence electrons. The Bertz CT molecular complexity index is 1310. The maximum absolute atomic E-state index is 13.0. The lowest BCUT2D eigenvalue weighted by atomic mass is 9.98. The number of benzene rings is 3. The van der Waals surface area contributed by atoms with Crippen molar-refractivity contribution < 1.29 is 14.5 Å². The summed E-state index contributed by atoms with van der Waals surface area (Å²) in [4.78, 5) is 35.4. The van der Waals surface area contributed by atoms with Gasteiger partial charge in [-0.15, -0.1) is 0 Å². The predicted molar refractivity (Wildman–Crippen MR) is 122 cm³/mol. The monoisotopic (exact) mass is 426 g/mol. The third-order valence-corrected chi connectivity index (χ3v) is 5.54. The van der Waals surface area contributed by atoms with E-state index in [1.54, 1.807) is 6.07 Å². The number of anilines is 3. The number of hydrogen-bond acceptors (Lipinski definition) is 5. The first-order chi connectivity index (χ1) is 15.5. The summed E-state index contributed by atoms with van der Waals surface area (Å²) < 4.78 is 0. The van der Waals surface area contributed by atoms with Gasteiger partial charge in [0.2, 0.25) is 5.91 Å². The summed E-state index contributed by atoms with van der Waals surface area (Å²) in [5.41, 5.74) is 5.08. The summed E-state index contributed by atoms with van der Waals surface area (Å²) in [5, 5.41) is 20.3. The Morgan fingerprint density at radius 1 is 0.906 bits per heavy atom. The lowest BCUT2D eigenvalue weighted by Crippen LogP contribution is -2.19. The second-order valence-electron chi connectivity index (χ2n) is 7.60. The van der Waals surface area contributed by atoms with Crippen molar-refractivity contribution in [1.29, 1.82) is 0 Å². The highest BCUT2D eigenvalue weighted by Crippen LogP contribution is 2.39. The Balaban J connectivity index is 1.65. The van der Waals surface area contributed by atoms with Crippen LogP contribution in [0.2, 0.25) is 0 Å². The Hall–Kier alpha value is -4.46. The molecule has 2 heterocycles. The fourth-order valence-corrected chi connectivity index (χ4v) is 4.01. The molecule has 3 aromatic rings. The van der Waals surface area contributed by atoms with E-state index in [0.29, 0.717) is 35.4 Å². The van der Waals surface area contributed by atoms with Crippen molar-refractivity contribution >= 4 is 45.8 Å². The molecule has 8 nitrogen and oxygen atoms in total. The number of aryl methyl sites for hydroxylation is 1. The smallest absolute Gasteiger partial charge is 0.270 e. The number of rotatable bonds is 4. The van der Waals surface area contributed by atoms with E-state index in [2.05, 4.69) is 16.0 Å². The maximum Gasteiger partial charge on any atom is 0.270 e. The van der Waals surface area contributed by atoms with E-state index >= 15 is 0 Å². The summed E-state index contributed by atoms with van der Waals surface area (Å²) in [5.74, 6) is -0.344. The topological polar surface area (TPSA) is 113 Å². The van der Waals surface area contributed by atoms with Crippen LogP contribution in [0, 0.1) is 10.1 Å². The molecule has 2 aliphatic heterocycles. The third-order valence-electron chi connectivity index (χ3n) is 5.54. The van der Waals surface area contributed by atoms with Crippen molar-refractivity contribution in [2.24, 2.45) is 0 Å². The SMILES string of the molecule is O=C1CCc2cc(NC(=C3C(=O)Nc4ccc([N+](=O)[O-])cc43)c3ccccc3)ccc2N1. The molecule has 0 fully saturated rings. The van der Waals surface area contributed by atoms with Crippen LogP contribution in [0.1, 0.15) is 23.1 Å². The van der Waals surface area contributed by atoms with Crippen LogP contribution in [0.5, 0.6) is 0 Å². The number of non-ortho nitro benzene ring substituents is 1. The number of carbonyl (C=O) groups excluding carboxylic acids is 2. The second kappa shape index (κ2) is 7.66. The number of nitro groups is 1. The quantitative estimate of drug-likeness (QED) is 0.325. The number of nitro benzene ring substituents is 1. The Labute approximate surface area is 183 Å². The standard InChI is InChI=1S/C24H18N4O4/c29-21-11-6-15-12-16(7-9-19(15)26-21)25-23(14-4-2-1-3-5-14)22-18-13-17(28(31)32)8-10-20(18)27-24(22)30/h1-5,7-10,12-13,25H,6,11H2,(H,26,29)(H,27,30). The van der Waals surface area contributed by atoms with Gasteiger partial charge in [0.1, 0.15) is 0 Å². The predicted octanol–water partition coefficient (Wildman–Crippen LogP) is 4.41. The van der Waals surface area contributed by atoms with E-state index in [0.717, 1.165) is 22.5 Å². The molecule has 2 amide bonds. The van der Waals surface area contributed by atoms with E-state index in [1.165, 1.54) is 12.1 Å². The molecule has 0 spiro atoms. The Morgan fingerprint density at radius 2 is 1.69 bits per heavy atom. The molecular formula is C24H18N4O4. The molecule has 0 saturated carbocycles. The maximum atomic E-state index is 13.0. The molecule has 3 N–H and O–H groups in total.